The Bertz CT molecular complexity index is 749. The Morgan fingerprint density at radius 1 is 1.18 bits per heavy atom. The Balaban J connectivity index is 1.74. The number of allylic oxidation sites excluding steroid dienone is 1. The number of hydrogen-bond acceptors (Lipinski definition) is 5. The van der Waals surface area contributed by atoms with Crippen LogP contribution in [-0.2, 0) is 19.1 Å². The highest BCUT2D eigenvalue weighted by atomic mass is 16.5. The first-order chi connectivity index (χ1) is 13.5. The fourth-order valence-electron chi connectivity index (χ4n) is 2.90. The molecule has 1 aromatic carbocycles. The third-order valence-electron chi connectivity index (χ3n) is 4.54. The molecule has 1 N–H and O–H groups in total. The number of methoxy groups -OCH3 is 1. The van der Waals surface area contributed by atoms with Crippen LogP contribution in [0.3, 0.4) is 0 Å². The zero-order valence-corrected chi connectivity index (χ0v) is 16.4. The molecule has 1 aliphatic carbocycles. The van der Waals surface area contributed by atoms with Crippen molar-refractivity contribution in [3.05, 3.63) is 53.1 Å². The standard InChI is InChI=1S/C22H27NO5/c1-16(21(25)23-15-14-17-6-4-3-5-7-17)28-20(24)13-10-18-8-11-19(12-9-18)22(26)27-2/h6,8-13,16H,3-5,7,14-15H2,1-2H3,(H,23,25)/b13-10-/t16-/m0/s1. The molecule has 0 saturated carbocycles. The van der Waals surface area contributed by atoms with Gasteiger partial charge in [0.15, 0.2) is 6.10 Å². The number of carbonyl (C=O) groups is 3. The summed E-state index contributed by atoms with van der Waals surface area (Å²) in [6.45, 7) is 2.10. The molecule has 1 aromatic rings. The highest BCUT2D eigenvalue weighted by Crippen LogP contribution is 2.19. The predicted molar refractivity (Wildman–Crippen MR) is 107 cm³/mol. The summed E-state index contributed by atoms with van der Waals surface area (Å²) >= 11 is 0. The number of rotatable bonds is 8. The maximum absolute atomic E-state index is 12.0. The normalized spacial score (nSPS) is 14.9. The molecule has 28 heavy (non-hydrogen) atoms. The molecule has 1 aliphatic rings. The molecule has 0 aliphatic heterocycles. The first-order valence-electron chi connectivity index (χ1n) is 9.52. The van der Waals surface area contributed by atoms with Crippen LogP contribution in [0.25, 0.3) is 6.08 Å². The lowest BCUT2D eigenvalue weighted by atomic mass is 9.97. The van der Waals surface area contributed by atoms with Gasteiger partial charge in [-0.1, -0.05) is 23.8 Å². The van der Waals surface area contributed by atoms with Crippen molar-refractivity contribution in [2.75, 3.05) is 13.7 Å². The minimum Gasteiger partial charge on any atom is -0.465 e. The van der Waals surface area contributed by atoms with Gasteiger partial charge in [0.25, 0.3) is 5.91 Å². The van der Waals surface area contributed by atoms with Crippen LogP contribution in [0.5, 0.6) is 0 Å². The van der Waals surface area contributed by atoms with Crippen LogP contribution in [0, 0.1) is 0 Å². The fraction of sp³-hybridized carbons (Fsp3) is 0.409. The van der Waals surface area contributed by atoms with Gasteiger partial charge in [-0.05, 0) is 62.8 Å². The van der Waals surface area contributed by atoms with Gasteiger partial charge in [0, 0.05) is 12.6 Å². The minimum atomic E-state index is -0.862. The molecule has 1 amide bonds. The summed E-state index contributed by atoms with van der Waals surface area (Å²) in [7, 11) is 1.32. The van der Waals surface area contributed by atoms with E-state index in [0.29, 0.717) is 12.1 Å². The summed E-state index contributed by atoms with van der Waals surface area (Å²) in [5.41, 5.74) is 2.54. The van der Waals surface area contributed by atoms with E-state index in [0.717, 1.165) is 24.8 Å². The molecule has 0 heterocycles. The van der Waals surface area contributed by atoms with E-state index in [1.165, 1.54) is 31.6 Å². The fourth-order valence-corrected chi connectivity index (χ4v) is 2.90. The lowest BCUT2D eigenvalue weighted by molar-refractivity contribution is -0.150. The molecule has 0 spiro atoms. The monoisotopic (exact) mass is 385 g/mol. The zero-order chi connectivity index (χ0) is 20.4. The van der Waals surface area contributed by atoms with E-state index in [9.17, 15) is 14.4 Å². The van der Waals surface area contributed by atoms with Crippen LogP contribution in [0.4, 0.5) is 0 Å². The van der Waals surface area contributed by atoms with Crippen molar-refractivity contribution in [1.29, 1.82) is 0 Å². The maximum atomic E-state index is 12.0. The van der Waals surface area contributed by atoms with Gasteiger partial charge in [0.1, 0.15) is 0 Å². The van der Waals surface area contributed by atoms with Crippen LogP contribution < -0.4 is 5.32 Å². The third kappa shape index (κ3) is 7.02. The Labute approximate surface area is 165 Å². The third-order valence-corrected chi connectivity index (χ3v) is 4.54. The summed E-state index contributed by atoms with van der Waals surface area (Å²) in [5.74, 6) is -1.33. The highest BCUT2D eigenvalue weighted by Gasteiger charge is 2.16. The molecular formula is C22H27NO5. The van der Waals surface area contributed by atoms with Crippen molar-refractivity contribution in [2.45, 2.75) is 45.1 Å². The van der Waals surface area contributed by atoms with E-state index in [1.807, 2.05) is 0 Å². The van der Waals surface area contributed by atoms with Crippen molar-refractivity contribution in [2.24, 2.45) is 0 Å². The molecule has 1 atom stereocenters. The number of amides is 1. The summed E-state index contributed by atoms with van der Waals surface area (Å²) in [6, 6.07) is 6.58. The Kier molecular flexibility index (Phi) is 8.46. The second-order valence-corrected chi connectivity index (χ2v) is 6.68. The number of esters is 2. The first-order valence-corrected chi connectivity index (χ1v) is 9.52. The SMILES string of the molecule is COC(=O)c1ccc(/C=C\C(=O)O[C@@H](C)C(=O)NCCC2=CCCCC2)cc1. The smallest absolute Gasteiger partial charge is 0.337 e. The molecule has 2 rings (SSSR count). The van der Waals surface area contributed by atoms with Gasteiger partial charge in [-0.3, -0.25) is 4.79 Å². The van der Waals surface area contributed by atoms with Crippen molar-refractivity contribution >= 4 is 23.9 Å². The molecule has 150 valence electrons. The number of carbonyl (C=O) groups excluding carboxylic acids is 3. The molecule has 0 bridgehead atoms. The summed E-state index contributed by atoms with van der Waals surface area (Å²) < 4.78 is 9.76. The number of benzene rings is 1. The molecule has 0 unspecified atom stereocenters. The zero-order valence-electron chi connectivity index (χ0n) is 16.4. The van der Waals surface area contributed by atoms with Crippen molar-refractivity contribution in [1.82, 2.24) is 5.32 Å². The van der Waals surface area contributed by atoms with E-state index >= 15 is 0 Å². The van der Waals surface area contributed by atoms with Crippen LogP contribution in [0.2, 0.25) is 0 Å². The first kappa shape index (κ1) is 21.4. The quantitative estimate of drug-likeness (QED) is 0.421. The largest absolute Gasteiger partial charge is 0.465 e. The second-order valence-electron chi connectivity index (χ2n) is 6.68. The van der Waals surface area contributed by atoms with E-state index in [4.69, 9.17) is 4.74 Å². The van der Waals surface area contributed by atoms with Gasteiger partial charge < -0.3 is 14.8 Å². The van der Waals surface area contributed by atoms with Gasteiger partial charge in [0.2, 0.25) is 0 Å². The maximum Gasteiger partial charge on any atom is 0.337 e. The lowest BCUT2D eigenvalue weighted by Gasteiger charge is -2.15. The average molecular weight is 385 g/mol. The van der Waals surface area contributed by atoms with Crippen molar-refractivity contribution in [3.8, 4) is 0 Å². The summed E-state index contributed by atoms with van der Waals surface area (Å²) in [6.07, 6.45) is 9.72. The molecule has 0 fully saturated rings. The molecule has 0 radical (unpaired) electrons. The average Bonchev–Trinajstić information content (AvgIpc) is 2.72. The van der Waals surface area contributed by atoms with Gasteiger partial charge >= 0.3 is 11.9 Å². The topological polar surface area (TPSA) is 81.7 Å². The summed E-state index contributed by atoms with van der Waals surface area (Å²) in [4.78, 5) is 35.3. The number of hydrogen-bond donors (Lipinski definition) is 1. The highest BCUT2D eigenvalue weighted by molar-refractivity contribution is 5.91. The lowest BCUT2D eigenvalue weighted by Crippen LogP contribution is -2.36. The Morgan fingerprint density at radius 3 is 2.57 bits per heavy atom. The molecule has 6 heteroatoms. The predicted octanol–water partition coefficient (Wildman–Crippen LogP) is 3.42. The van der Waals surface area contributed by atoms with E-state index in [2.05, 4.69) is 16.1 Å². The number of ether oxygens (including phenoxy) is 2. The van der Waals surface area contributed by atoms with E-state index in [1.54, 1.807) is 37.3 Å². The minimum absolute atomic E-state index is 0.305. The van der Waals surface area contributed by atoms with Gasteiger partial charge in [-0.25, -0.2) is 9.59 Å². The molecular weight excluding hydrogens is 358 g/mol. The van der Waals surface area contributed by atoms with E-state index < -0.39 is 18.0 Å². The Morgan fingerprint density at radius 2 is 1.93 bits per heavy atom. The molecule has 0 aromatic heterocycles. The number of nitrogens with one attached hydrogen (secondary N) is 1. The van der Waals surface area contributed by atoms with Crippen LogP contribution >= 0.6 is 0 Å². The Hall–Kier alpha value is -2.89. The van der Waals surface area contributed by atoms with Gasteiger partial charge in [0.05, 0.1) is 12.7 Å². The second kappa shape index (κ2) is 11.1. The van der Waals surface area contributed by atoms with Gasteiger partial charge in [-0.2, -0.15) is 0 Å². The van der Waals surface area contributed by atoms with Gasteiger partial charge in [-0.15, -0.1) is 0 Å². The van der Waals surface area contributed by atoms with Crippen molar-refractivity contribution < 1.29 is 23.9 Å². The van der Waals surface area contributed by atoms with Crippen molar-refractivity contribution in [3.63, 3.8) is 0 Å². The summed E-state index contributed by atoms with van der Waals surface area (Å²) in [5, 5.41) is 2.81. The molecule has 0 saturated heterocycles. The van der Waals surface area contributed by atoms with Crippen LogP contribution in [0.1, 0.15) is 54.9 Å². The van der Waals surface area contributed by atoms with E-state index in [-0.39, 0.29) is 5.91 Å². The molecule has 6 nitrogen and oxygen atoms in total. The van der Waals surface area contributed by atoms with Crippen LogP contribution in [-0.4, -0.2) is 37.6 Å². The van der Waals surface area contributed by atoms with Crippen LogP contribution in [0.15, 0.2) is 42.0 Å².